The van der Waals surface area contributed by atoms with E-state index < -0.39 is 28.5 Å². The third-order valence-corrected chi connectivity index (χ3v) is 7.56. The average molecular weight is 514 g/mol. The van der Waals surface area contributed by atoms with Crippen molar-refractivity contribution in [2.45, 2.75) is 44.7 Å². The van der Waals surface area contributed by atoms with Crippen LogP contribution in [0, 0.1) is 6.92 Å². The Kier molecular flexibility index (Phi) is 9.72. The number of aryl methyl sites for hydroxylation is 1. The maximum absolute atomic E-state index is 13.3. The lowest BCUT2D eigenvalue weighted by Crippen LogP contribution is -2.50. The maximum Gasteiger partial charge on any atom is 0.243 e. The summed E-state index contributed by atoms with van der Waals surface area (Å²) in [6.45, 7) is 5.43. The first-order chi connectivity index (χ1) is 15.5. The summed E-state index contributed by atoms with van der Waals surface area (Å²) in [7, 11) is -2.55. The van der Waals surface area contributed by atoms with Crippen molar-refractivity contribution in [1.29, 1.82) is 0 Å². The number of nitrogens with one attached hydrogen (secondary N) is 1. The van der Waals surface area contributed by atoms with Crippen molar-refractivity contribution < 1.29 is 18.0 Å². The van der Waals surface area contributed by atoms with Gasteiger partial charge in [-0.05, 0) is 50.1 Å². The molecule has 0 saturated heterocycles. The number of sulfonamides is 1. The van der Waals surface area contributed by atoms with Gasteiger partial charge in [-0.2, -0.15) is 4.31 Å². The van der Waals surface area contributed by atoms with Gasteiger partial charge < -0.3 is 10.2 Å². The van der Waals surface area contributed by atoms with Crippen LogP contribution in [0.15, 0.2) is 47.4 Å². The molecule has 0 spiro atoms. The van der Waals surface area contributed by atoms with Gasteiger partial charge >= 0.3 is 0 Å². The van der Waals surface area contributed by atoms with Crippen LogP contribution in [0.2, 0.25) is 10.0 Å². The Morgan fingerprint density at radius 1 is 1.09 bits per heavy atom. The fourth-order valence-corrected chi connectivity index (χ4v) is 4.66. The number of hydrogen-bond donors (Lipinski definition) is 1. The topological polar surface area (TPSA) is 86.8 Å². The average Bonchev–Trinajstić information content (AvgIpc) is 2.76. The summed E-state index contributed by atoms with van der Waals surface area (Å²) < 4.78 is 26.9. The minimum Gasteiger partial charge on any atom is -0.354 e. The Bertz CT molecular complexity index is 1090. The van der Waals surface area contributed by atoms with E-state index in [0.29, 0.717) is 22.2 Å². The second-order valence-corrected chi connectivity index (χ2v) is 10.7. The van der Waals surface area contributed by atoms with Crippen LogP contribution in [0.4, 0.5) is 0 Å². The summed E-state index contributed by atoms with van der Waals surface area (Å²) in [5.41, 5.74) is 1.51. The van der Waals surface area contributed by atoms with Gasteiger partial charge in [-0.3, -0.25) is 9.59 Å². The highest BCUT2D eigenvalue weighted by atomic mass is 35.5. The highest BCUT2D eigenvalue weighted by Gasteiger charge is 2.30. The van der Waals surface area contributed by atoms with Crippen molar-refractivity contribution in [3.05, 3.63) is 63.6 Å². The molecule has 33 heavy (non-hydrogen) atoms. The number of benzene rings is 2. The van der Waals surface area contributed by atoms with Crippen LogP contribution in [0.3, 0.4) is 0 Å². The predicted octanol–water partition coefficient (Wildman–Crippen LogP) is 3.87. The van der Waals surface area contributed by atoms with Crippen molar-refractivity contribution in [3.8, 4) is 0 Å². The zero-order valence-corrected chi connectivity index (χ0v) is 21.5. The van der Waals surface area contributed by atoms with E-state index in [0.717, 1.165) is 16.3 Å². The molecule has 0 unspecified atom stereocenters. The van der Waals surface area contributed by atoms with Gasteiger partial charge in [0.15, 0.2) is 0 Å². The molecule has 0 saturated carbocycles. The van der Waals surface area contributed by atoms with E-state index in [1.807, 2.05) is 13.8 Å². The van der Waals surface area contributed by atoms with Crippen LogP contribution in [0.25, 0.3) is 0 Å². The third-order valence-electron chi connectivity index (χ3n) is 5.16. The third kappa shape index (κ3) is 7.17. The standard InChI is InChI=1S/C23H29Cl2N3O4S/c1-5-12-26-23(30)17(3)28(14-18-8-9-19(24)13-21(18)25)22(29)15-27(4)33(31,32)20-10-6-16(2)7-11-20/h6-11,13,17H,5,12,14-15H2,1-4H3,(H,26,30)/t17-/m0/s1. The van der Waals surface area contributed by atoms with Gasteiger partial charge in [-0.25, -0.2) is 8.42 Å². The number of carbonyl (C=O) groups is 2. The number of carbonyl (C=O) groups excluding carboxylic acids is 2. The molecule has 0 heterocycles. The minimum atomic E-state index is -3.89. The molecule has 0 aromatic heterocycles. The Morgan fingerprint density at radius 3 is 2.30 bits per heavy atom. The number of halogens is 2. The van der Waals surface area contributed by atoms with Crippen molar-refractivity contribution >= 4 is 45.0 Å². The van der Waals surface area contributed by atoms with E-state index in [1.54, 1.807) is 37.3 Å². The SMILES string of the molecule is CCCNC(=O)[C@H](C)N(Cc1ccc(Cl)cc1Cl)C(=O)CN(C)S(=O)(=O)c1ccc(C)cc1. The predicted molar refractivity (Wildman–Crippen MR) is 131 cm³/mol. The van der Waals surface area contributed by atoms with E-state index in [9.17, 15) is 18.0 Å². The summed E-state index contributed by atoms with van der Waals surface area (Å²) in [5.74, 6) is -0.863. The van der Waals surface area contributed by atoms with Gasteiger partial charge in [0.25, 0.3) is 0 Å². The van der Waals surface area contributed by atoms with E-state index in [1.165, 1.54) is 24.1 Å². The normalized spacial score (nSPS) is 12.5. The largest absolute Gasteiger partial charge is 0.354 e. The summed E-state index contributed by atoms with van der Waals surface area (Å²) in [5, 5.41) is 3.57. The first-order valence-corrected chi connectivity index (χ1v) is 12.7. The molecule has 180 valence electrons. The van der Waals surface area contributed by atoms with Gasteiger partial charge in [0.05, 0.1) is 11.4 Å². The number of likely N-dealkylation sites (N-methyl/N-ethyl adjacent to an activating group) is 1. The lowest BCUT2D eigenvalue weighted by atomic mass is 10.1. The number of rotatable bonds is 10. The molecular formula is C23H29Cl2N3O4S. The van der Waals surface area contributed by atoms with Crippen LogP contribution < -0.4 is 5.32 Å². The molecule has 0 fully saturated rings. The molecule has 0 bridgehead atoms. The fraction of sp³-hybridized carbons (Fsp3) is 0.391. The van der Waals surface area contributed by atoms with Crippen LogP contribution in [0.1, 0.15) is 31.4 Å². The summed E-state index contributed by atoms with van der Waals surface area (Å²) >= 11 is 12.3. The van der Waals surface area contributed by atoms with Gasteiger partial charge in [0, 0.05) is 30.2 Å². The van der Waals surface area contributed by atoms with E-state index >= 15 is 0 Å². The molecule has 1 N–H and O–H groups in total. The molecular weight excluding hydrogens is 485 g/mol. The highest BCUT2D eigenvalue weighted by molar-refractivity contribution is 7.89. The lowest BCUT2D eigenvalue weighted by Gasteiger charge is -2.30. The van der Waals surface area contributed by atoms with Crippen molar-refractivity contribution in [2.75, 3.05) is 20.1 Å². The highest BCUT2D eigenvalue weighted by Crippen LogP contribution is 2.24. The molecule has 10 heteroatoms. The molecule has 0 aliphatic carbocycles. The Balaban J connectivity index is 2.29. The summed E-state index contributed by atoms with van der Waals surface area (Å²) in [6, 6.07) is 10.4. The van der Waals surface area contributed by atoms with Gasteiger partial charge in [0.2, 0.25) is 21.8 Å². The molecule has 2 amide bonds. The van der Waals surface area contributed by atoms with Crippen molar-refractivity contribution in [3.63, 3.8) is 0 Å². The number of hydrogen-bond acceptors (Lipinski definition) is 4. The summed E-state index contributed by atoms with van der Waals surface area (Å²) in [4.78, 5) is 27.3. The molecule has 0 aliphatic rings. The van der Waals surface area contributed by atoms with Crippen LogP contribution in [0.5, 0.6) is 0 Å². The van der Waals surface area contributed by atoms with Gasteiger partial charge in [-0.15, -0.1) is 0 Å². The summed E-state index contributed by atoms with van der Waals surface area (Å²) in [6.07, 6.45) is 0.743. The second kappa shape index (κ2) is 11.8. The zero-order chi connectivity index (χ0) is 24.8. The number of nitrogens with zero attached hydrogens (tertiary/aromatic N) is 2. The van der Waals surface area contributed by atoms with E-state index in [2.05, 4.69) is 5.32 Å². The Morgan fingerprint density at radius 2 is 1.73 bits per heavy atom. The molecule has 0 aliphatic heterocycles. The smallest absolute Gasteiger partial charge is 0.243 e. The molecule has 0 radical (unpaired) electrons. The molecule has 2 rings (SSSR count). The molecule has 2 aromatic rings. The molecule has 2 aromatic carbocycles. The molecule has 1 atom stereocenters. The van der Waals surface area contributed by atoms with Gasteiger partial charge in [0.1, 0.15) is 6.04 Å². The van der Waals surface area contributed by atoms with Gasteiger partial charge in [-0.1, -0.05) is 53.9 Å². The van der Waals surface area contributed by atoms with E-state index in [4.69, 9.17) is 23.2 Å². The van der Waals surface area contributed by atoms with Crippen LogP contribution >= 0.6 is 23.2 Å². The zero-order valence-electron chi connectivity index (χ0n) is 19.1. The Labute approximate surface area is 205 Å². The van der Waals surface area contributed by atoms with Crippen LogP contribution in [-0.2, 0) is 26.2 Å². The lowest BCUT2D eigenvalue weighted by molar-refractivity contribution is -0.140. The second-order valence-electron chi connectivity index (χ2n) is 7.80. The van der Waals surface area contributed by atoms with E-state index in [-0.39, 0.29) is 17.3 Å². The van der Waals surface area contributed by atoms with Crippen molar-refractivity contribution in [1.82, 2.24) is 14.5 Å². The first kappa shape index (κ1) is 27.1. The Hall–Kier alpha value is -2.13. The minimum absolute atomic E-state index is 0.0218. The maximum atomic E-state index is 13.3. The first-order valence-electron chi connectivity index (χ1n) is 10.5. The van der Waals surface area contributed by atoms with Crippen LogP contribution in [-0.4, -0.2) is 55.6 Å². The fourth-order valence-electron chi connectivity index (χ4n) is 3.07. The monoisotopic (exact) mass is 513 g/mol. The quantitative estimate of drug-likeness (QED) is 0.522. The number of amides is 2. The van der Waals surface area contributed by atoms with Crippen molar-refractivity contribution in [2.24, 2.45) is 0 Å². The molecule has 7 nitrogen and oxygen atoms in total.